The number of piperidine rings is 1. The van der Waals surface area contributed by atoms with Crippen LogP contribution in [0, 0.1) is 19.8 Å². The molecule has 4 rings (SSSR count). The zero-order chi connectivity index (χ0) is 19.5. The Bertz CT molecular complexity index is 789. The lowest BCUT2D eigenvalue weighted by atomic mass is 9.94. The second kappa shape index (κ2) is 8.43. The lowest BCUT2D eigenvalue weighted by Gasteiger charge is -2.32. The number of ether oxygens (including phenoxy) is 1. The van der Waals surface area contributed by atoms with Crippen LogP contribution < -0.4 is 0 Å². The van der Waals surface area contributed by atoms with Crippen molar-refractivity contribution in [2.75, 3.05) is 26.3 Å². The topological polar surface area (TPSA) is 94.5 Å². The first-order valence-corrected chi connectivity index (χ1v) is 10.2. The van der Waals surface area contributed by atoms with E-state index in [1.165, 1.54) is 0 Å². The van der Waals surface area contributed by atoms with Crippen molar-refractivity contribution in [3.05, 3.63) is 28.7 Å². The van der Waals surface area contributed by atoms with Crippen molar-refractivity contribution in [1.29, 1.82) is 0 Å². The molecule has 0 radical (unpaired) electrons. The van der Waals surface area contributed by atoms with Gasteiger partial charge >= 0.3 is 0 Å². The van der Waals surface area contributed by atoms with E-state index in [1.54, 1.807) is 0 Å². The first-order valence-electron chi connectivity index (χ1n) is 10.2. The van der Waals surface area contributed by atoms with Gasteiger partial charge in [0.15, 0.2) is 5.82 Å². The van der Waals surface area contributed by atoms with Gasteiger partial charge in [0.2, 0.25) is 11.8 Å². The summed E-state index contributed by atoms with van der Waals surface area (Å²) in [5.74, 6) is 3.04. The number of likely N-dealkylation sites (tertiary alicyclic amines) is 1. The van der Waals surface area contributed by atoms with E-state index in [2.05, 4.69) is 15.3 Å². The number of rotatable bonds is 5. The van der Waals surface area contributed by atoms with Gasteiger partial charge in [-0.15, -0.1) is 0 Å². The molecule has 4 heterocycles. The van der Waals surface area contributed by atoms with Gasteiger partial charge in [-0.1, -0.05) is 10.3 Å². The molecule has 2 aromatic rings. The number of hydrogen-bond donors (Lipinski definition) is 0. The van der Waals surface area contributed by atoms with Gasteiger partial charge in [0, 0.05) is 44.2 Å². The Morgan fingerprint density at radius 3 is 2.71 bits per heavy atom. The fraction of sp³-hybridized carbons (Fsp3) is 0.700. The minimum Gasteiger partial charge on any atom is -0.381 e. The number of aromatic nitrogens is 3. The van der Waals surface area contributed by atoms with Gasteiger partial charge in [-0.3, -0.25) is 4.79 Å². The molecule has 2 aromatic heterocycles. The number of carbonyl (C=O) groups is 1. The third-order valence-electron chi connectivity index (χ3n) is 5.91. The third-order valence-corrected chi connectivity index (χ3v) is 5.91. The van der Waals surface area contributed by atoms with E-state index >= 15 is 0 Å². The quantitative estimate of drug-likeness (QED) is 0.777. The number of nitrogens with zero attached hydrogens (tertiary/aromatic N) is 4. The summed E-state index contributed by atoms with van der Waals surface area (Å²) >= 11 is 0. The zero-order valence-corrected chi connectivity index (χ0v) is 16.6. The standard InChI is InChI=1S/C20H28N4O4/c1-13-17(14(2)27-22-13)11-19(25)24-7-3-4-15(12-24)10-18-21-20(23-28-18)16-5-8-26-9-6-16/h15-16H,3-12H2,1-2H3. The Morgan fingerprint density at radius 1 is 1.14 bits per heavy atom. The summed E-state index contributed by atoms with van der Waals surface area (Å²) in [7, 11) is 0. The number of hydrogen-bond acceptors (Lipinski definition) is 7. The first kappa shape index (κ1) is 19.1. The molecule has 2 aliphatic heterocycles. The second-order valence-electron chi connectivity index (χ2n) is 7.96. The molecule has 1 unspecified atom stereocenters. The highest BCUT2D eigenvalue weighted by molar-refractivity contribution is 5.79. The molecule has 1 atom stereocenters. The highest BCUT2D eigenvalue weighted by Crippen LogP contribution is 2.26. The molecule has 8 heteroatoms. The van der Waals surface area contributed by atoms with E-state index in [9.17, 15) is 4.79 Å². The van der Waals surface area contributed by atoms with E-state index in [0.29, 0.717) is 24.1 Å². The smallest absolute Gasteiger partial charge is 0.227 e. The van der Waals surface area contributed by atoms with Crippen molar-refractivity contribution >= 4 is 5.91 Å². The van der Waals surface area contributed by atoms with Gasteiger partial charge in [-0.2, -0.15) is 4.98 Å². The summed E-state index contributed by atoms with van der Waals surface area (Å²) in [6, 6.07) is 0. The normalized spacial score (nSPS) is 21.2. The van der Waals surface area contributed by atoms with E-state index in [0.717, 1.165) is 81.2 Å². The molecule has 0 aliphatic carbocycles. The van der Waals surface area contributed by atoms with Crippen LogP contribution in [0.3, 0.4) is 0 Å². The second-order valence-corrected chi connectivity index (χ2v) is 7.96. The maximum Gasteiger partial charge on any atom is 0.227 e. The van der Waals surface area contributed by atoms with Gasteiger partial charge in [0.05, 0.1) is 12.1 Å². The van der Waals surface area contributed by atoms with Crippen LogP contribution in [-0.2, 0) is 22.4 Å². The predicted molar refractivity (Wildman–Crippen MR) is 99.8 cm³/mol. The van der Waals surface area contributed by atoms with Gasteiger partial charge in [0.25, 0.3) is 0 Å². The van der Waals surface area contributed by atoms with Gasteiger partial charge in [-0.25, -0.2) is 0 Å². The van der Waals surface area contributed by atoms with Crippen LogP contribution in [0.25, 0.3) is 0 Å². The van der Waals surface area contributed by atoms with Crippen molar-refractivity contribution in [3.8, 4) is 0 Å². The van der Waals surface area contributed by atoms with Gasteiger partial charge in [0.1, 0.15) is 5.76 Å². The molecule has 0 saturated carbocycles. The zero-order valence-electron chi connectivity index (χ0n) is 16.6. The third kappa shape index (κ3) is 4.27. The molecule has 28 heavy (non-hydrogen) atoms. The van der Waals surface area contributed by atoms with Gasteiger partial charge in [-0.05, 0) is 45.4 Å². The monoisotopic (exact) mass is 388 g/mol. The highest BCUT2D eigenvalue weighted by atomic mass is 16.5. The Labute approximate surface area is 164 Å². The maximum atomic E-state index is 12.8. The van der Waals surface area contributed by atoms with Crippen LogP contribution in [0.2, 0.25) is 0 Å². The predicted octanol–water partition coefficient (Wildman–Crippen LogP) is 2.59. The van der Waals surface area contributed by atoms with Crippen LogP contribution in [0.1, 0.15) is 60.3 Å². The van der Waals surface area contributed by atoms with Crippen molar-refractivity contribution in [2.45, 2.75) is 58.3 Å². The Kier molecular flexibility index (Phi) is 5.75. The number of aryl methyl sites for hydroxylation is 2. The molecule has 1 amide bonds. The summed E-state index contributed by atoms with van der Waals surface area (Å²) < 4.78 is 16.1. The molecular formula is C20H28N4O4. The molecule has 0 bridgehead atoms. The Balaban J connectivity index is 1.33. The summed E-state index contributed by atoms with van der Waals surface area (Å²) in [5.41, 5.74) is 1.70. The largest absolute Gasteiger partial charge is 0.381 e. The van der Waals surface area contributed by atoms with Crippen LogP contribution >= 0.6 is 0 Å². The Morgan fingerprint density at radius 2 is 1.96 bits per heavy atom. The fourth-order valence-electron chi connectivity index (χ4n) is 4.20. The minimum atomic E-state index is 0.132. The molecule has 2 aliphatic rings. The number of carbonyl (C=O) groups excluding carboxylic acids is 1. The van der Waals surface area contributed by atoms with Crippen LogP contribution in [0.15, 0.2) is 9.05 Å². The molecular weight excluding hydrogens is 360 g/mol. The summed E-state index contributed by atoms with van der Waals surface area (Å²) in [5, 5.41) is 8.13. The summed E-state index contributed by atoms with van der Waals surface area (Å²) in [4.78, 5) is 19.4. The molecule has 2 saturated heterocycles. The molecule has 0 N–H and O–H groups in total. The lowest BCUT2D eigenvalue weighted by molar-refractivity contribution is -0.132. The first-order chi connectivity index (χ1) is 13.6. The molecule has 152 valence electrons. The van der Waals surface area contributed by atoms with Crippen molar-refractivity contribution in [3.63, 3.8) is 0 Å². The van der Waals surface area contributed by atoms with E-state index in [-0.39, 0.29) is 5.91 Å². The van der Waals surface area contributed by atoms with Crippen LogP contribution in [0.4, 0.5) is 0 Å². The molecule has 2 fully saturated rings. The maximum absolute atomic E-state index is 12.8. The van der Waals surface area contributed by atoms with Crippen molar-refractivity contribution in [1.82, 2.24) is 20.2 Å². The highest BCUT2D eigenvalue weighted by Gasteiger charge is 2.28. The molecule has 8 nitrogen and oxygen atoms in total. The SMILES string of the molecule is Cc1noc(C)c1CC(=O)N1CCCC(Cc2nc(C3CCOCC3)no2)C1. The van der Waals surface area contributed by atoms with E-state index in [1.807, 2.05) is 18.7 Å². The average molecular weight is 388 g/mol. The lowest BCUT2D eigenvalue weighted by Crippen LogP contribution is -2.41. The number of amides is 1. The summed E-state index contributed by atoms with van der Waals surface area (Å²) in [6.45, 7) is 6.79. The molecule has 0 aromatic carbocycles. The average Bonchev–Trinajstić information content (AvgIpc) is 3.31. The fourth-order valence-corrected chi connectivity index (χ4v) is 4.20. The summed E-state index contributed by atoms with van der Waals surface area (Å²) in [6.07, 6.45) is 5.05. The van der Waals surface area contributed by atoms with E-state index in [4.69, 9.17) is 13.8 Å². The van der Waals surface area contributed by atoms with E-state index < -0.39 is 0 Å². The van der Waals surface area contributed by atoms with Crippen molar-refractivity contribution in [2.24, 2.45) is 5.92 Å². The van der Waals surface area contributed by atoms with Gasteiger partial charge < -0.3 is 18.7 Å². The Hall–Kier alpha value is -2.22. The minimum absolute atomic E-state index is 0.132. The van der Waals surface area contributed by atoms with Crippen molar-refractivity contribution < 1.29 is 18.6 Å². The molecule has 0 spiro atoms. The van der Waals surface area contributed by atoms with Crippen LogP contribution in [-0.4, -0.2) is 52.4 Å². The van der Waals surface area contributed by atoms with Crippen LogP contribution in [0.5, 0.6) is 0 Å².